The molecule has 2 nitrogen and oxygen atoms in total. The largest absolute Gasteiger partial charge is 0.312 e. The molecule has 0 spiro atoms. The summed E-state index contributed by atoms with van der Waals surface area (Å²) in [6.07, 6.45) is 10.4. The molecule has 1 saturated carbocycles. The normalized spacial score (nSPS) is 17.2. The van der Waals surface area contributed by atoms with Crippen LogP contribution in [0.3, 0.4) is 0 Å². The number of fused-ring (bicyclic) bond motifs is 1. The highest BCUT2D eigenvalue weighted by molar-refractivity contribution is 5.81. The fourth-order valence-electron chi connectivity index (χ4n) is 3.29. The zero-order valence-corrected chi connectivity index (χ0v) is 12.1. The SMILES string of the molecule is c1cnc2c(CNCC3CCCCCC3)cccc2c1. The molecule has 0 atom stereocenters. The number of aromatic nitrogens is 1. The molecule has 3 rings (SSSR count). The predicted octanol–water partition coefficient (Wildman–Crippen LogP) is 4.29. The van der Waals surface area contributed by atoms with E-state index in [9.17, 15) is 0 Å². The Bertz CT molecular complexity index is 537. The second kappa shape index (κ2) is 6.85. The molecule has 0 radical (unpaired) electrons. The summed E-state index contributed by atoms with van der Waals surface area (Å²) in [6.45, 7) is 2.09. The van der Waals surface area contributed by atoms with Crippen LogP contribution in [0.4, 0.5) is 0 Å². The first-order chi connectivity index (χ1) is 9.93. The number of hydrogen-bond acceptors (Lipinski definition) is 2. The van der Waals surface area contributed by atoms with Crippen LogP contribution < -0.4 is 5.32 Å². The number of pyridine rings is 1. The Labute approximate surface area is 121 Å². The van der Waals surface area contributed by atoms with Crippen molar-refractivity contribution >= 4 is 10.9 Å². The molecule has 106 valence electrons. The minimum atomic E-state index is 0.875. The zero-order chi connectivity index (χ0) is 13.6. The van der Waals surface area contributed by atoms with Crippen LogP contribution >= 0.6 is 0 Å². The summed E-state index contributed by atoms with van der Waals surface area (Å²) in [5.41, 5.74) is 2.46. The summed E-state index contributed by atoms with van der Waals surface area (Å²) in [4.78, 5) is 4.52. The highest BCUT2D eigenvalue weighted by Crippen LogP contribution is 2.22. The molecular weight excluding hydrogens is 244 g/mol. The molecule has 2 aromatic rings. The molecule has 20 heavy (non-hydrogen) atoms. The van der Waals surface area contributed by atoms with E-state index >= 15 is 0 Å². The fraction of sp³-hybridized carbons (Fsp3) is 0.500. The molecule has 0 aliphatic heterocycles. The van der Waals surface area contributed by atoms with E-state index in [4.69, 9.17) is 0 Å². The van der Waals surface area contributed by atoms with Crippen LogP contribution in [0.25, 0.3) is 10.9 Å². The van der Waals surface area contributed by atoms with Gasteiger partial charge in [-0.05, 0) is 36.9 Å². The van der Waals surface area contributed by atoms with Crippen LogP contribution in [0, 0.1) is 5.92 Å². The number of para-hydroxylation sites is 1. The Kier molecular flexibility index (Phi) is 4.65. The molecule has 1 N–H and O–H groups in total. The quantitative estimate of drug-likeness (QED) is 0.836. The molecule has 1 aliphatic rings. The van der Waals surface area contributed by atoms with Crippen LogP contribution in [0.5, 0.6) is 0 Å². The van der Waals surface area contributed by atoms with Gasteiger partial charge >= 0.3 is 0 Å². The number of nitrogens with one attached hydrogen (secondary N) is 1. The Morgan fingerprint density at radius 1 is 1.00 bits per heavy atom. The summed E-state index contributed by atoms with van der Waals surface area (Å²) < 4.78 is 0. The first kappa shape index (κ1) is 13.6. The third-order valence-electron chi connectivity index (χ3n) is 4.44. The van der Waals surface area contributed by atoms with Gasteiger partial charge in [0.1, 0.15) is 0 Å². The first-order valence-electron chi connectivity index (χ1n) is 7.97. The zero-order valence-electron chi connectivity index (χ0n) is 12.1. The minimum absolute atomic E-state index is 0.875. The molecule has 0 saturated heterocycles. The molecule has 1 aliphatic carbocycles. The monoisotopic (exact) mass is 268 g/mol. The van der Waals surface area contributed by atoms with Crippen LogP contribution in [-0.2, 0) is 6.54 Å². The molecule has 1 aromatic carbocycles. The van der Waals surface area contributed by atoms with Crippen LogP contribution in [0.15, 0.2) is 36.5 Å². The molecular formula is C18H24N2. The predicted molar refractivity (Wildman–Crippen MR) is 84.6 cm³/mol. The van der Waals surface area contributed by atoms with Crippen molar-refractivity contribution in [1.82, 2.24) is 10.3 Å². The van der Waals surface area contributed by atoms with Gasteiger partial charge in [-0.15, -0.1) is 0 Å². The van der Waals surface area contributed by atoms with E-state index in [0.29, 0.717) is 0 Å². The Morgan fingerprint density at radius 3 is 2.65 bits per heavy atom. The van der Waals surface area contributed by atoms with Gasteiger partial charge in [0.05, 0.1) is 5.52 Å². The van der Waals surface area contributed by atoms with Gasteiger partial charge in [0.15, 0.2) is 0 Å². The van der Waals surface area contributed by atoms with E-state index in [1.165, 1.54) is 49.5 Å². The topological polar surface area (TPSA) is 24.9 Å². The van der Waals surface area contributed by atoms with Crippen molar-refractivity contribution in [2.24, 2.45) is 5.92 Å². The van der Waals surface area contributed by atoms with E-state index in [1.807, 2.05) is 12.3 Å². The molecule has 1 heterocycles. The van der Waals surface area contributed by atoms with Crippen molar-refractivity contribution in [3.8, 4) is 0 Å². The van der Waals surface area contributed by atoms with Crippen molar-refractivity contribution in [3.05, 3.63) is 42.1 Å². The second-order valence-electron chi connectivity index (χ2n) is 5.98. The van der Waals surface area contributed by atoms with E-state index in [-0.39, 0.29) is 0 Å². The third-order valence-corrected chi connectivity index (χ3v) is 4.44. The van der Waals surface area contributed by atoms with Crippen LogP contribution in [-0.4, -0.2) is 11.5 Å². The lowest BCUT2D eigenvalue weighted by Crippen LogP contribution is -2.22. The van der Waals surface area contributed by atoms with Gasteiger partial charge < -0.3 is 5.32 Å². The number of nitrogens with zero attached hydrogens (tertiary/aromatic N) is 1. The van der Waals surface area contributed by atoms with Gasteiger partial charge in [0, 0.05) is 18.1 Å². The van der Waals surface area contributed by atoms with Gasteiger partial charge in [-0.3, -0.25) is 4.98 Å². The van der Waals surface area contributed by atoms with Crippen molar-refractivity contribution in [2.75, 3.05) is 6.54 Å². The molecule has 1 aromatic heterocycles. The Hall–Kier alpha value is -1.41. The third kappa shape index (κ3) is 3.37. The lowest BCUT2D eigenvalue weighted by molar-refractivity contribution is 0.425. The first-order valence-corrected chi connectivity index (χ1v) is 7.97. The average molecular weight is 268 g/mol. The second-order valence-corrected chi connectivity index (χ2v) is 5.98. The fourth-order valence-corrected chi connectivity index (χ4v) is 3.29. The smallest absolute Gasteiger partial charge is 0.0746 e. The summed E-state index contributed by atoms with van der Waals surface area (Å²) in [7, 11) is 0. The van der Waals surface area contributed by atoms with Crippen molar-refractivity contribution in [2.45, 2.75) is 45.1 Å². The number of hydrogen-bond donors (Lipinski definition) is 1. The summed E-state index contributed by atoms with van der Waals surface area (Å²) in [5.74, 6) is 0.875. The van der Waals surface area contributed by atoms with Gasteiger partial charge in [0.2, 0.25) is 0 Å². The maximum Gasteiger partial charge on any atom is 0.0746 e. The molecule has 0 amide bonds. The number of rotatable bonds is 4. The lowest BCUT2D eigenvalue weighted by Gasteiger charge is -2.15. The van der Waals surface area contributed by atoms with E-state index in [1.54, 1.807) is 0 Å². The summed E-state index contributed by atoms with van der Waals surface area (Å²) >= 11 is 0. The van der Waals surface area contributed by atoms with Crippen molar-refractivity contribution in [1.29, 1.82) is 0 Å². The number of benzene rings is 1. The highest BCUT2D eigenvalue weighted by atomic mass is 14.9. The van der Waals surface area contributed by atoms with E-state index in [2.05, 4.69) is 34.6 Å². The van der Waals surface area contributed by atoms with Crippen molar-refractivity contribution < 1.29 is 0 Å². The maximum absolute atomic E-state index is 4.52. The lowest BCUT2D eigenvalue weighted by atomic mass is 10.0. The van der Waals surface area contributed by atoms with E-state index < -0.39 is 0 Å². The van der Waals surface area contributed by atoms with Gasteiger partial charge in [-0.25, -0.2) is 0 Å². The summed E-state index contributed by atoms with van der Waals surface area (Å²) in [6, 6.07) is 10.6. The van der Waals surface area contributed by atoms with Gasteiger partial charge in [0.25, 0.3) is 0 Å². The van der Waals surface area contributed by atoms with E-state index in [0.717, 1.165) is 24.5 Å². The molecule has 1 fully saturated rings. The Balaban J connectivity index is 1.59. The maximum atomic E-state index is 4.52. The average Bonchev–Trinajstić information content (AvgIpc) is 2.76. The highest BCUT2D eigenvalue weighted by Gasteiger charge is 2.11. The molecule has 0 bridgehead atoms. The minimum Gasteiger partial charge on any atom is -0.312 e. The van der Waals surface area contributed by atoms with Crippen molar-refractivity contribution in [3.63, 3.8) is 0 Å². The Morgan fingerprint density at radius 2 is 1.80 bits per heavy atom. The van der Waals surface area contributed by atoms with Gasteiger partial charge in [-0.1, -0.05) is 49.9 Å². The van der Waals surface area contributed by atoms with Gasteiger partial charge in [-0.2, -0.15) is 0 Å². The molecule has 0 unspecified atom stereocenters. The molecule has 2 heteroatoms. The summed E-state index contributed by atoms with van der Waals surface area (Å²) in [5, 5.41) is 4.89. The van der Waals surface area contributed by atoms with Crippen LogP contribution in [0.2, 0.25) is 0 Å². The van der Waals surface area contributed by atoms with Crippen LogP contribution in [0.1, 0.15) is 44.1 Å². The standard InChI is InChI=1S/C18H24N2/c1-2-4-8-15(7-3-1)13-19-14-17-10-5-9-16-11-6-12-20-18(16)17/h5-6,9-12,15,19H,1-4,7-8,13-14H2.